The Labute approximate surface area is 333 Å². The number of allylic oxidation sites excluding steroid dienone is 2. The van der Waals surface area contributed by atoms with Crippen LogP contribution >= 0.6 is 0 Å². The van der Waals surface area contributed by atoms with Gasteiger partial charge >= 0.3 is 17.9 Å². The fraction of sp³-hybridized carbons (Fsp3) is 0.886. The summed E-state index contributed by atoms with van der Waals surface area (Å²) in [5.41, 5.74) is 0. The van der Waals surface area contributed by atoms with Gasteiger partial charge in [0.15, 0.2) is 18.5 Å². The molecule has 6 unspecified atom stereocenters. The Morgan fingerprint density at radius 3 is 1.42 bits per heavy atom. The van der Waals surface area contributed by atoms with E-state index in [0.717, 1.165) is 57.8 Å². The van der Waals surface area contributed by atoms with Gasteiger partial charge in [-0.2, -0.15) is 0 Å². The summed E-state index contributed by atoms with van der Waals surface area (Å²) in [6.07, 6.45) is 26.9. The van der Waals surface area contributed by atoms with Crippen LogP contribution in [-0.4, -0.2) is 88.4 Å². The van der Waals surface area contributed by atoms with Crippen molar-refractivity contribution in [3.63, 3.8) is 0 Å². The Morgan fingerprint density at radius 2 is 0.964 bits per heavy atom. The number of aliphatic hydroxyl groups excluding tert-OH is 3. The summed E-state index contributed by atoms with van der Waals surface area (Å²) in [6.45, 7) is 3.80. The lowest BCUT2D eigenvalue weighted by Gasteiger charge is -2.38. The number of carbonyl (C=O) groups is 3. The number of esters is 2. The molecule has 1 fully saturated rings. The lowest BCUT2D eigenvalue weighted by Crippen LogP contribution is -2.60. The van der Waals surface area contributed by atoms with Gasteiger partial charge in [-0.1, -0.05) is 161 Å². The first kappa shape index (κ1) is 51.0. The van der Waals surface area contributed by atoms with Crippen LogP contribution in [0.5, 0.6) is 0 Å². The largest absolute Gasteiger partial charge is 0.479 e. The molecule has 1 heterocycles. The second kappa shape index (κ2) is 35.1. The fourth-order valence-electron chi connectivity index (χ4n) is 6.81. The molecule has 0 saturated carbocycles. The van der Waals surface area contributed by atoms with Gasteiger partial charge in [-0.05, 0) is 38.5 Å². The standard InChI is InChI=1S/C44H80O11/c1-3-5-7-9-11-13-15-17-19-21-23-25-27-29-31-33-38(46)54-36(35-53-44-41(49)39(47)40(48)42(55-44)43(50)51)34-52-37(45)32-30-28-26-24-22-20-18-16-14-12-10-8-6-4-2/h16,18,36,39-42,44,47-49H,3-15,17,19-35H2,1-2H3,(H,50,51)/b18-16-. The van der Waals surface area contributed by atoms with Gasteiger partial charge in [-0.15, -0.1) is 0 Å². The molecule has 55 heavy (non-hydrogen) atoms. The van der Waals surface area contributed by atoms with Crippen LogP contribution in [-0.2, 0) is 33.3 Å². The van der Waals surface area contributed by atoms with E-state index in [1.54, 1.807) is 0 Å². The van der Waals surface area contributed by atoms with Crippen LogP contribution in [0.1, 0.15) is 200 Å². The minimum absolute atomic E-state index is 0.187. The number of aliphatic hydroxyl groups is 3. The highest BCUT2D eigenvalue weighted by Crippen LogP contribution is 2.23. The minimum atomic E-state index is -1.86. The van der Waals surface area contributed by atoms with Gasteiger partial charge in [-0.25, -0.2) is 4.79 Å². The third-order valence-electron chi connectivity index (χ3n) is 10.4. The molecule has 0 bridgehead atoms. The van der Waals surface area contributed by atoms with E-state index in [1.165, 1.54) is 103 Å². The van der Waals surface area contributed by atoms with E-state index < -0.39 is 54.7 Å². The summed E-state index contributed by atoms with van der Waals surface area (Å²) in [7, 11) is 0. The van der Waals surface area contributed by atoms with Crippen LogP contribution in [0.15, 0.2) is 12.2 Å². The van der Waals surface area contributed by atoms with Crippen molar-refractivity contribution < 1.29 is 53.8 Å². The van der Waals surface area contributed by atoms with Gasteiger partial charge < -0.3 is 39.4 Å². The van der Waals surface area contributed by atoms with E-state index >= 15 is 0 Å². The molecule has 11 heteroatoms. The molecule has 0 aromatic heterocycles. The van der Waals surface area contributed by atoms with E-state index in [-0.39, 0.29) is 26.1 Å². The summed E-state index contributed by atoms with van der Waals surface area (Å²) < 4.78 is 21.7. The summed E-state index contributed by atoms with van der Waals surface area (Å²) >= 11 is 0. The van der Waals surface area contributed by atoms with Crippen molar-refractivity contribution >= 4 is 17.9 Å². The molecular formula is C44H80O11. The molecule has 0 amide bonds. The van der Waals surface area contributed by atoms with Crippen molar-refractivity contribution in [2.45, 2.75) is 237 Å². The maximum Gasteiger partial charge on any atom is 0.335 e. The molecular weight excluding hydrogens is 704 g/mol. The zero-order chi connectivity index (χ0) is 40.4. The normalized spacial score (nSPS) is 20.5. The molecule has 6 atom stereocenters. The molecule has 11 nitrogen and oxygen atoms in total. The number of ether oxygens (including phenoxy) is 4. The fourth-order valence-corrected chi connectivity index (χ4v) is 6.81. The van der Waals surface area contributed by atoms with Gasteiger partial charge in [0.1, 0.15) is 24.9 Å². The molecule has 0 radical (unpaired) electrons. The highest BCUT2D eigenvalue weighted by atomic mass is 16.7. The molecule has 1 aliphatic heterocycles. The van der Waals surface area contributed by atoms with Crippen LogP contribution in [0.2, 0.25) is 0 Å². The van der Waals surface area contributed by atoms with Crippen LogP contribution < -0.4 is 0 Å². The topological polar surface area (TPSA) is 169 Å². The number of aliphatic carboxylic acids is 1. The Hall–Kier alpha value is -2.05. The van der Waals surface area contributed by atoms with Crippen molar-refractivity contribution in [2.24, 2.45) is 0 Å². The van der Waals surface area contributed by atoms with Crippen molar-refractivity contribution in [3.05, 3.63) is 12.2 Å². The summed E-state index contributed by atoms with van der Waals surface area (Å²) in [4.78, 5) is 36.8. The van der Waals surface area contributed by atoms with Crippen LogP contribution in [0.4, 0.5) is 0 Å². The number of carboxylic acids is 1. The van der Waals surface area contributed by atoms with Gasteiger partial charge in [0, 0.05) is 12.8 Å². The zero-order valence-corrected chi connectivity index (χ0v) is 34.7. The van der Waals surface area contributed by atoms with Gasteiger partial charge in [0.25, 0.3) is 0 Å². The number of hydrogen-bond acceptors (Lipinski definition) is 10. The average Bonchev–Trinajstić information content (AvgIpc) is 3.17. The van der Waals surface area contributed by atoms with Crippen molar-refractivity contribution in [2.75, 3.05) is 13.2 Å². The molecule has 4 N–H and O–H groups in total. The highest BCUT2D eigenvalue weighted by molar-refractivity contribution is 5.73. The number of rotatable bonds is 37. The summed E-state index contributed by atoms with van der Waals surface area (Å²) in [5.74, 6) is -2.44. The van der Waals surface area contributed by atoms with Gasteiger partial charge in [0.05, 0.1) is 6.61 Å². The van der Waals surface area contributed by atoms with Gasteiger partial charge in [-0.3, -0.25) is 9.59 Å². The maximum atomic E-state index is 12.7. The van der Waals surface area contributed by atoms with Crippen molar-refractivity contribution in [1.29, 1.82) is 0 Å². The summed E-state index contributed by atoms with van der Waals surface area (Å²) in [6, 6.07) is 0. The lowest BCUT2D eigenvalue weighted by molar-refractivity contribution is -0.298. The molecule has 1 saturated heterocycles. The Kier molecular flexibility index (Phi) is 32.6. The quantitative estimate of drug-likeness (QED) is 0.0269. The van der Waals surface area contributed by atoms with E-state index in [0.29, 0.717) is 12.8 Å². The molecule has 1 rings (SSSR count). The number of unbranched alkanes of at least 4 members (excludes halogenated alkanes) is 24. The first-order valence-corrected chi connectivity index (χ1v) is 22.2. The lowest BCUT2D eigenvalue weighted by atomic mass is 9.99. The smallest absolute Gasteiger partial charge is 0.335 e. The van der Waals surface area contributed by atoms with Gasteiger partial charge in [0.2, 0.25) is 0 Å². The van der Waals surface area contributed by atoms with Crippen LogP contribution in [0, 0.1) is 0 Å². The van der Waals surface area contributed by atoms with E-state index in [4.69, 9.17) is 18.9 Å². The Morgan fingerprint density at radius 1 is 0.545 bits per heavy atom. The molecule has 1 aliphatic rings. The molecule has 322 valence electrons. The third-order valence-corrected chi connectivity index (χ3v) is 10.4. The SMILES string of the molecule is CCCCCCC/C=C\CCCCCCCC(=O)OCC(COC1OC(C(=O)O)C(O)C(O)C1O)OC(=O)CCCCCCCCCCCCCCCCC. The molecule has 0 aromatic rings. The first-order chi connectivity index (χ1) is 26.7. The minimum Gasteiger partial charge on any atom is -0.479 e. The Balaban J connectivity index is 2.38. The second-order valence-electron chi connectivity index (χ2n) is 15.5. The first-order valence-electron chi connectivity index (χ1n) is 22.2. The zero-order valence-electron chi connectivity index (χ0n) is 34.7. The monoisotopic (exact) mass is 785 g/mol. The molecule has 0 aromatic carbocycles. The van der Waals surface area contributed by atoms with Crippen LogP contribution in [0.25, 0.3) is 0 Å². The highest BCUT2D eigenvalue weighted by Gasteiger charge is 2.47. The van der Waals surface area contributed by atoms with Crippen molar-refractivity contribution in [1.82, 2.24) is 0 Å². The second-order valence-corrected chi connectivity index (χ2v) is 15.5. The number of carbonyl (C=O) groups excluding carboxylic acids is 2. The van der Waals surface area contributed by atoms with Crippen LogP contribution in [0.3, 0.4) is 0 Å². The molecule has 0 aliphatic carbocycles. The van der Waals surface area contributed by atoms with Crippen molar-refractivity contribution in [3.8, 4) is 0 Å². The third kappa shape index (κ3) is 27.3. The number of hydrogen-bond donors (Lipinski definition) is 4. The maximum absolute atomic E-state index is 12.7. The number of carboxylic acid groups (broad SMARTS) is 1. The predicted octanol–water partition coefficient (Wildman–Crippen LogP) is 9.26. The van der Waals surface area contributed by atoms with E-state index in [2.05, 4.69) is 26.0 Å². The average molecular weight is 785 g/mol. The molecule has 0 spiro atoms. The Bertz CT molecular complexity index is 973. The van der Waals surface area contributed by atoms with E-state index in [1.807, 2.05) is 0 Å². The predicted molar refractivity (Wildman–Crippen MR) is 215 cm³/mol. The summed E-state index contributed by atoms with van der Waals surface area (Å²) in [5, 5.41) is 39.8. The van der Waals surface area contributed by atoms with E-state index in [9.17, 15) is 34.8 Å².